The van der Waals surface area contributed by atoms with Crippen molar-refractivity contribution in [3.8, 4) is 5.69 Å². The van der Waals surface area contributed by atoms with E-state index in [0.29, 0.717) is 30.5 Å². The molecule has 0 saturated carbocycles. The van der Waals surface area contributed by atoms with E-state index in [9.17, 15) is 31.1 Å². The molecule has 0 bridgehead atoms. The van der Waals surface area contributed by atoms with E-state index >= 15 is 0 Å². The molecule has 3 aromatic rings. The SMILES string of the molecule is Cn1nc(C(F)(F)F)cc1CC(=O)N[C@@H]1CCCc2nn(-c3ccnc(C(F)(F)F)c3)cc21. The van der Waals surface area contributed by atoms with E-state index in [2.05, 4.69) is 20.5 Å². The van der Waals surface area contributed by atoms with Crippen molar-refractivity contribution in [1.29, 1.82) is 0 Å². The van der Waals surface area contributed by atoms with Crippen molar-refractivity contribution in [2.24, 2.45) is 7.05 Å². The number of aryl methyl sites for hydroxylation is 2. The molecule has 1 aliphatic rings. The second-order valence-electron chi connectivity index (χ2n) is 7.70. The Morgan fingerprint density at radius 1 is 1.12 bits per heavy atom. The second-order valence-corrected chi connectivity index (χ2v) is 7.70. The molecule has 0 radical (unpaired) electrons. The Balaban J connectivity index is 1.52. The largest absolute Gasteiger partial charge is 0.435 e. The Labute approximate surface area is 183 Å². The fraction of sp³-hybridized carbons (Fsp3) is 0.400. The van der Waals surface area contributed by atoms with Crippen molar-refractivity contribution in [3.05, 3.63) is 58.9 Å². The van der Waals surface area contributed by atoms with Crippen LogP contribution in [0.2, 0.25) is 0 Å². The van der Waals surface area contributed by atoms with Crippen molar-refractivity contribution in [3.63, 3.8) is 0 Å². The molecule has 0 spiro atoms. The molecule has 0 aromatic carbocycles. The number of rotatable bonds is 4. The summed E-state index contributed by atoms with van der Waals surface area (Å²) in [6, 6.07) is 2.63. The molecule has 0 unspecified atom stereocenters. The van der Waals surface area contributed by atoms with Crippen LogP contribution in [0.15, 0.2) is 30.6 Å². The lowest BCUT2D eigenvalue weighted by Crippen LogP contribution is -2.32. The monoisotopic (exact) mass is 472 g/mol. The number of alkyl halides is 6. The second kappa shape index (κ2) is 8.19. The third kappa shape index (κ3) is 4.86. The quantitative estimate of drug-likeness (QED) is 0.587. The third-order valence-corrected chi connectivity index (χ3v) is 5.35. The number of hydrogen-bond donors (Lipinski definition) is 1. The highest BCUT2D eigenvalue weighted by Gasteiger charge is 2.35. The fourth-order valence-corrected chi connectivity index (χ4v) is 3.76. The standard InChI is InChI=1S/C20H18F6N6O/c1-31-12(8-17(30-31)20(24,25)26)9-18(33)28-14-3-2-4-15-13(14)10-32(29-15)11-5-6-27-16(7-11)19(21,22)23/h5-8,10,14H,2-4,9H2,1H3,(H,28,33)/t14-/m1/s1. The Morgan fingerprint density at radius 3 is 2.52 bits per heavy atom. The van der Waals surface area contributed by atoms with E-state index in [4.69, 9.17) is 0 Å². The average molecular weight is 472 g/mol. The summed E-state index contributed by atoms with van der Waals surface area (Å²) >= 11 is 0. The van der Waals surface area contributed by atoms with Gasteiger partial charge in [-0.1, -0.05) is 0 Å². The van der Waals surface area contributed by atoms with E-state index in [1.54, 1.807) is 6.20 Å². The van der Waals surface area contributed by atoms with E-state index in [1.165, 1.54) is 17.8 Å². The number of aromatic nitrogens is 5. The summed E-state index contributed by atoms with van der Waals surface area (Å²) in [4.78, 5) is 15.9. The first-order valence-electron chi connectivity index (χ1n) is 9.93. The van der Waals surface area contributed by atoms with Crippen LogP contribution in [0.1, 0.15) is 47.2 Å². The van der Waals surface area contributed by atoms with Crippen LogP contribution >= 0.6 is 0 Å². The van der Waals surface area contributed by atoms with Crippen LogP contribution in [-0.2, 0) is 37.0 Å². The molecule has 7 nitrogen and oxygen atoms in total. The van der Waals surface area contributed by atoms with Gasteiger partial charge in [-0.2, -0.15) is 36.5 Å². The van der Waals surface area contributed by atoms with Gasteiger partial charge < -0.3 is 5.32 Å². The molecule has 4 rings (SSSR count). The van der Waals surface area contributed by atoms with Gasteiger partial charge in [0.15, 0.2) is 5.69 Å². The first-order chi connectivity index (χ1) is 15.4. The number of hydrogen-bond acceptors (Lipinski definition) is 4. The molecule has 3 heterocycles. The van der Waals surface area contributed by atoms with Crippen LogP contribution in [0.4, 0.5) is 26.3 Å². The Morgan fingerprint density at radius 2 is 1.85 bits per heavy atom. The summed E-state index contributed by atoms with van der Waals surface area (Å²) in [5.74, 6) is -0.499. The van der Waals surface area contributed by atoms with Crippen LogP contribution in [0, 0.1) is 0 Å². The van der Waals surface area contributed by atoms with E-state index in [1.807, 2.05) is 0 Å². The zero-order valence-electron chi connectivity index (χ0n) is 17.2. The van der Waals surface area contributed by atoms with E-state index in [-0.39, 0.29) is 17.8 Å². The normalized spacial score (nSPS) is 16.5. The van der Waals surface area contributed by atoms with Crippen LogP contribution < -0.4 is 5.32 Å². The smallest absolute Gasteiger partial charge is 0.349 e. The lowest BCUT2D eigenvalue weighted by molar-refractivity contribution is -0.142. The van der Waals surface area contributed by atoms with Gasteiger partial charge in [-0.3, -0.25) is 14.5 Å². The number of amides is 1. The predicted molar refractivity (Wildman–Crippen MR) is 102 cm³/mol. The Hall–Kier alpha value is -3.38. The molecule has 0 fully saturated rings. The summed E-state index contributed by atoms with van der Waals surface area (Å²) in [6.45, 7) is 0. The number of nitrogens with zero attached hydrogens (tertiary/aromatic N) is 5. The summed E-state index contributed by atoms with van der Waals surface area (Å²) in [5.41, 5.74) is -0.565. The van der Waals surface area contributed by atoms with Gasteiger partial charge in [-0.25, -0.2) is 4.68 Å². The Kier molecular flexibility index (Phi) is 5.66. The highest BCUT2D eigenvalue weighted by Crippen LogP contribution is 2.32. The van der Waals surface area contributed by atoms with Gasteiger partial charge in [0.25, 0.3) is 0 Å². The van der Waals surface area contributed by atoms with Gasteiger partial charge in [-0.15, -0.1) is 0 Å². The van der Waals surface area contributed by atoms with Crippen LogP contribution in [0.5, 0.6) is 0 Å². The van der Waals surface area contributed by atoms with E-state index < -0.39 is 35.7 Å². The summed E-state index contributed by atoms with van der Waals surface area (Å²) in [7, 11) is 1.32. The van der Waals surface area contributed by atoms with Crippen molar-refractivity contribution in [2.75, 3.05) is 0 Å². The number of pyridine rings is 1. The van der Waals surface area contributed by atoms with Gasteiger partial charge in [0, 0.05) is 30.7 Å². The van der Waals surface area contributed by atoms with E-state index in [0.717, 1.165) is 23.0 Å². The zero-order valence-corrected chi connectivity index (χ0v) is 17.2. The number of carbonyl (C=O) groups excluding carboxylic acids is 1. The van der Waals surface area contributed by atoms with Crippen molar-refractivity contribution >= 4 is 5.91 Å². The van der Waals surface area contributed by atoms with Crippen molar-refractivity contribution in [2.45, 2.75) is 44.1 Å². The van der Waals surface area contributed by atoms with Crippen LogP contribution in [0.3, 0.4) is 0 Å². The van der Waals surface area contributed by atoms with Gasteiger partial charge in [-0.05, 0) is 37.5 Å². The van der Waals surface area contributed by atoms with Gasteiger partial charge in [0.05, 0.1) is 23.8 Å². The number of carbonyl (C=O) groups is 1. The first kappa shape index (κ1) is 22.8. The molecule has 0 aliphatic heterocycles. The van der Waals surface area contributed by atoms with Gasteiger partial charge >= 0.3 is 12.4 Å². The molecule has 1 aliphatic carbocycles. The third-order valence-electron chi connectivity index (χ3n) is 5.35. The van der Waals surface area contributed by atoms with Crippen molar-refractivity contribution < 1.29 is 31.1 Å². The fourth-order valence-electron chi connectivity index (χ4n) is 3.76. The minimum absolute atomic E-state index is 0.100. The summed E-state index contributed by atoms with van der Waals surface area (Å²) < 4.78 is 79.8. The minimum Gasteiger partial charge on any atom is -0.349 e. The maximum Gasteiger partial charge on any atom is 0.435 e. The highest BCUT2D eigenvalue weighted by atomic mass is 19.4. The van der Waals surface area contributed by atoms with Gasteiger partial charge in [0.1, 0.15) is 5.69 Å². The molecule has 0 saturated heterocycles. The van der Waals surface area contributed by atoms with Crippen LogP contribution in [-0.4, -0.2) is 30.5 Å². The average Bonchev–Trinajstić information content (AvgIpc) is 3.32. The first-order valence-corrected chi connectivity index (χ1v) is 9.93. The molecule has 3 aromatic heterocycles. The molecular weight excluding hydrogens is 454 g/mol. The molecule has 176 valence electrons. The lowest BCUT2D eigenvalue weighted by Gasteiger charge is -2.22. The lowest BCUT2D eigenvalue weighted by atomic mass is 9.93. The maximum absolute atomic E-state index is 13.0. The topological polar surface area (TPSA) is 77.6 Å². The molecule has 33 heavy (non-hydrogen) atoms. The van der Waals surface area contributed by atoms with Crippen molar-refractivity contribution in [1.82, 2.24) is 29.9 Å². The molecule has 1 atom stereocenters. The van der Waals surface area contributed by atoms with Gasteiger partial charge in [0.2, 0.25) is 5.91 Å². The minimum atomic E-state index is -4.61. The number of fused-ring (bicyclic) bond motifs is 1. The predicted octanol–water partition coefficient (Wildman–Crippen LogP) is 3.77. The summed E-state index contributed by atoms with van der Waals surface area (Å²) in [5, 5.41) is 10.5. The molecular formula is C20H18F6N6O. The maximum atomic E-state index is 13.0. The number of nitrogens with one attached hydrogen (secondary N) is 1. The highest BCUT2D eigenvalue weighted by molar-refractivity contribution is 5.78. The Bertz CT molecular complexity index is 1180. The zero-order chi connectivity index (χ0) is 24.0. The molecule has 1 amide bonds. The molecule has 1 N–H and O–H groups in total. The van der Waals surface area contributed by atoms with Crippen LogP contribution in [0.25, 0.3) is 5.69 Å². The molecule has 13 heteroatoms. The number of halogens is 6. The summed E-state index contributed by atoms with van der Waals surface area (Å²) in [6.07, 6.45) is -5.09.